The fraction of sp³-hybridized carbons (Fsp3) is 0.857. The molecule has 1 heterocycles. The third-order valence-corrected chi connectivity index (χ3v) is 4.33. The summed E-state index contributed by atoms with van der Waals surface area (Å²) in [5.41, 5.74) is 0. The van der Waals surface area contributed by atoms with E-state index in [9.17, 15) is 4.79 Å². The van der Waals surface area contributed by atoms with Crippen molar-refractivity contribution in [1.82, 2.24) is 9.80 Å². The highest BCUT2D eigenvalue weighted by molar-refractivity contribution is 5.82. The van der Waals surface area contributed by atoms with Crippen LogP contribution in [0.3, 0.4) is 0 Å². The van der Waals surface area contributed by atoms with Gasteiger partial charge in [0.2, 0.25) is 5.91 Å². The molecule has 1 saturated carbocycles. The van der Waals surface area contributed by atoms with Crippen LogP contribution in [0.25, 0.3) is 0 Å². The molecular weight excluding hydrogens is 226 g/mol. The SMILES string of the molecule is CN1CCN(C2CCCCCC2)C(CC#N)C1=O. The van der Waals surface area contributed by atoms with Gasteiger partial charge in [0, 0.05) is 26.2 Å². The number of rotatable bonds is 2. The van der Waals surface area contributed by atoms with E-state index >= 15 is 0 Å². The maximum atomic E-state index is 12.2. The number of hydrogen-bond donors (Lipinski definition) is 0. The van der Waals surface area contributed by atoms with Gasteiger partial charge < -0.3 is 4.90 Å². The van der Waals surface area contributed by atoms with Crippen molar-refractivity contribution in [2.75, 3.05) is 20.1 Å². The first-order valence-electron chi connectivity index (χ1n) is 7.11. The van der Waals surface area contributed by atoms with Crippen LogP contribution < -0.4 is 0 Å². The highest BCUT2D eigenvalue weighted by atomic mass is 16.2. The topological polar surface area (TPSA) is 47.3 Å². The third kappa shape index (κ3) is 2.84. The Hall–Kier alpha value is -1.08. The van der Waals surface area contributed by atoms with E-state index in [0.29, 0.717) is 12.5 Å². The van der Waals surface area contributed by atoms with Gasteiger partial charge in [-0.2, -0.15) is 5.26 Å². The molecule has 1 amide bonds. The van der Waals surface area contributed by atoms with Gasteiger partial charge in [-0.25, -0.2) is 0 Å². The lowest BCUT2D eigenvalue weighted by Crippen LogP contribution is -2.58. The van der Waals surface area contributed by atoms with E-state index < -0.39 is 0 Å². The van der Waals surface area contributed by atoms with Crippen LogP contribution in [0.5, 0.6) is 0 Å². The summed E-state index contributed by atoms with van der Waals surface area (Å²) in [6.07, 6.45) is 7.90. The van der Waals surface area contributed by atoms with E-state index in [1.54, 1.807) is 4.90 Å². The molecule has 2 rings (SSSR count). The number of hydrogen-bond acceptors (Lipinski definition) is 3. The molecule has 4 heteroatoms. The van der Waals surface area contributed by atoms with Gasteiger partial charge in [-0.15, -0.1) is 0 Å². The lowest BCUT2D eigenvalue weighted by molar-refractivity contribution is -0.141. The largest absolute Gasteiger partial charge is 0.343 e. The van der Waals surface area contributed by atoms with E-state index in [-0.39, 0.29) is 11.9 Å². The molecule has 2 aliphatic rings. The van der Waals surface area contributed by atoms with Crippen LogP contribution in [0, 0.1) is 11.3 Å². The van der Waals surface area contributed by atoms with Crippen molar-refractivity contribution in [3.05, 3.63) is 0 Å². The average molecular weight is 249 g/mol. The minimum Gasteiger partial charge on any atom is -0.343 e. The molecule has 1 aliphatic carbocycles. The summed E-state index contributed by atoms with van der Waals surface area (Å²) in [7, 11) is 1.84. The van der Waals surface area contributed by atoms with Gasteiger partial charge in [-0.05, 0) is 12.8 Å². The van der Waals surface area contributed by atoms with E-state index in [2.05, 4.69) is 11.0 Å². The molecule has 0 N–H and O–H groups in total. The molecule has 0 aromatic heterocycles. The predicted octanol–water partition coefficient (Wildman–Crippen LogP) is 1.77. The summed E-state index contributed by atoms with van der Waals surface area (Å²) in [5.74, 6) is 0.132. The highest BCUT2D eigenvalue weighted by Crippen LogP contribution is 2.26. The molecule has 0 spiro atoms. The second kappa shape index (κ2) is 6.19. The molecule has 100 valence electrons. The van der Waals surface area contributed by atoms with Crippen LogP contribution in [0.15, 0.2) is 0 Å². The van der Waals surface area contributed by atoms with Crippen LogP contribution in [-0.2, 0) is 4.79 Å². The maximum Gasteiger partial charge on any atom is 0.240 e. The van der Waals surface area contributed by atoms with Crippen LogP contribution in [0.1, 0.15) is 44.9 Å². The molecule has 0 aromatic carbocycles. The minimum atomic E-state index is -0.197. The lowest BCUT2D eigenvalue weighted by atomic mass is 10.0. The number of nitriles is 1. The number of amides is 1. The summed E-state index contributed by atoms with van der Waals surface area (Å²) >= 11 is 0. The first-order valence-corrected chi connectivity index (χ1v) is 7.11. The average Bonchev–Trinajstić information content (AvgIpc) is 2.64. The zero-order valence-electron chi connectivity index (χ0n) is 11.3. The number of carbonyl (C=O) groups excluding carboxylic acids is 1. The van der Waals surface area contributed by atoms with Crippen molar-refractivity contribution in [3.8, 4) is 6.07 Å². The Bertz CT molecular complexity index is 328. The normalized spacial score (nSPS) is 27.9. The second-order valence-corrected chi connectivity index (χ2v) is 5.52. The number of piperazine rings is 1. The molecule has 1 atom stereocenters. The van der Waals surface area contributed by atoms with Crippen molar-refractivity contribution in [1.29, 1.82) is 5.26 Å². The molecule has 4 nitrogen and oxygen atoms in total. The van der Waals surface area contributed by atoms with E-state index in [4.69, 9.17) is 5.26 Å². The Morgan fingerprint density at radius 1 is 1.22 bits per heavy atom. The molecule has 0 radical (unpaired) electrons. The highest BCUT2D eigenvalue weighted by Gasteiger charge is 2.36. The second-order valence-electron chi connectivity index (χ2n) is 5.52. The van der Waals surface area contributed by atoms with Gasteiger partial charge in [-0.3, -0.25) is 9.69 Å². The van der Waals surface area contributed by atoms with Crippen LogP contribution in [0.4, 0.5) is 0 Å². The van der Waals surface area contributed by atoms with Crippen LogP contribution in [-0.4, -0.2) is 47.9 Å². The Morgan fingerprint density at radius 2 is 1.89 bits per heavy atom. The first kappa shape index (κ1) is 13.4. The summed E-state index contributed by atoms with van der Waals surface area (Å²) in [6.45, 7) is 1.73. The third-order valence-electron chi connectivity index (χ3n) is 4.33. The van der Waals surface area contributed by atoms with Crippen LogP contribution >= 0.6 is 0 Å². The van der Waals surface area contributed by atoms with Gasteiger partial charge in [-0.1, -0.05) is 25.7 Å². The zero-order valence-corrected chi connectivity index (χ0v) is 11.3. The van der Waals surface area contributed by atoms with Crippen LogP contribution in [0.2, 0.25) is 0 Å². The Morgan fingerprint density at radius 3 is 2.50 bits per heavy atom. The molecule has 18 heavy (non-hydrogen) atoms. The van der Waals surface area contributed by atoms with Crippen molar-refractivity contribution in [2.45, 2.75) is 57.0 Å². The Labute approximate surface area is 110 Å². The predicted molar refractivity (Wildman–Crippen MR) is 69.9 cm³/mol. The first-order chi connectivity index (χ1) is 8.74. The molecule has 0 aromatic rings. The fourth-order valence-corrected chi connectivity index (χ4v) is 3.25. The fourth-order valence-electron chi connectivity index (χ4n) is 3.25. The van der Waals surface area contributed by atoms with Gasteiger partial charge in [0.1, 0.15) is 6.04 Å². The molecule has 1 unspecified atom stereocenters. The van der Waals surface area contributed by atoms with Gasteiger partial charge in [0.05, 0.1) is 12.5 Å². The molecular formula is C14H23N3O. The summed E-state index contributed by atoms with van der Waals surface area (Å²) < 4.78 is 0. The summed E-state index contributed by atoms with van der Waals surface area (Å²) in [4.78, 5) is 16.3. The maximum absolute atomic E-state index is 12.2. The number of nitrogens with zero attached hydrogens (tertiary/aromatic N) is 3. The quantitative estimate of drug-likeness (QED) is 0.701. The standard InChI is InChI=1S/C14H23N3O/c1-16-10-11-17(13(8-9-15)14(16)18)12-6-4-2-3-5-7-12/h12-13H,2-8,10-11H2,1H3. The smallest absolute Gasteiger partial charge is 0.240 e. The van der Waals surface area contributed by atoms with Gasteiger partial charge in [0.25, 0.3) is 0 Å². The lowest BCUT2D eigenvalue weighted by Gasteiger charge is -2.42. The molecule has 2 fully saturated rings. The molecule has 1 saturated heterocycles. The van der Waals surface area contributed by atoms with Crippen molar-refractivity contribution in [3.63, 3.8) is 0 Å². The molecule has 0 bridgehead atoms. The minimum absolute atomic E-state index is 0.132. The van der Waals surface area contributed by atoms with Crippen molar-refractivity contribution < 1.29 is 4.79 Å². The Balaban J connectivity index is 2.08. The van der Waals surface area contributed by atoms with E-state index in [1.807, 2.05) is 7.05 Å². The monoisotopic (exact) mass is 249 g/mol. The van der Waals surface area contributed by atoms with Gasteiger partial charge in [0.15, 0.2) is 0 Å². The Kier molecular flexibility index (Phi) is 4.60. The van der Waals surface area contributed by atoms with Crippen molar-refractivity contribution >= 4 is 5.91 Å². The molecule has 1 aliphatic heterocycles. The number of likely N-dealkylation sites (N-methyl/N-ethyl adjacent to an activating group) is 1. The van der Waals surface area contributed by atoms with Crippen molar-refractivity contribution in [2.24, 2.45) is 0 Å². The summed E-state index contributed by atoms with van der Waals surface area (Å²) in [5, 5.41) is 8.95. The zero-order chi connectivity index (χ0) is 13.0. The number of carbonyl (C=O) groups is 1. The van der Waals surface area contributed by atoms with Gasteiger partial charge >= 0.3 is 0 Å². The summed E-state index contributed by atoms with van der Waals surface area (Å²) in [6, 6.07) is 2.50. The van der Waals surface area contributed by atoms with E-state index in [0.717, 1.165) is 13.1 Å². The van der Waals surface area contributed by atoms with E-state index in [1.165, 1.54) is 38.5 Å².